The van der Waals surface area contributed by atoms with Crippen molar-refractivity contribution in [3.8, 4) is 0 Å². The maximum Gasteiger partial charge on any atom is 0.0719 e. The maximum atomic E-state index is 10.9. The molecule has 0 amide bonds. The summed E-state index contributed by atoms with van der Waals surface area (Å²) in [7, 11) is 0. The Bertz CT molecular complexity index is 456. The highest BCUT2D eigenvalue weighted by Crippen LogP contribution is 2.49. The SMILES string of the molecule is CC1CC(C)(C)CC1(O)Cc1cc(Cl)ccc1Cl. The van der Waals surface area contributed by atoms with Crippen LogP contribution in [0.1, 0.15) is 39.2 Å². The average molecular weight is 287 g/mol. The van der Waals surface area contributed by atoms with Crippen molar-refractivity contribution in [2.24, 2.45) is 11.3 Å². The van der Waals surface area contributed by atoms with Crippen LogP contribution < -0.4 is 0 Å². The molecule has 0 aliphatic heterocycles. The molecule has 0 saturated heterocycles. The molecule has 0 radical (unpaired) electrons. The van der Waals surface area contributed by atoms with Gasteiger partial charge in [0.05, 0.1) is 5.60 Å². The van der Waals surface area contributed by atoms with Gasteiger partial charge in [0.2, 0.25) is 0 Å². The van der Waals surface area contributed by atoms with Gasteiger partial charge in [0, 0.05) is 16.5 Å². The summed E-state index contributed by atoms with van der Waals surface area (Å²) in [5, 5.41) is 12.2. The summed E-state index contributed by atoms with van der Waals surface area (Å²) >= 11 is 12.2. The molecule has 0 aromatic heterocycles. The van der Waals surface area contributed by atoms with Gasteiger partial charge in [-0.15, -0.1) is 0 Å². The molecule has 1 N–H and O–H groups in total. The Balaban J connectivity index is 2.25. The van der Waals surface area contributed by atoms with E-state index in [4.69, 9.17) is 23.2 Å². The maximum absolute atomic E-state index is 10.9. The molecule has 1 aromatic carbocycles. The molecule has 18 heavy (non-hydrogen) atoms. The van der Waals surface area contributed by atoms with Gasteiger partial charge < -0.3 is 5.11 Å². The lowest BCUT2D eigenvalue weighted by atomic mass is 9.84. The Hall–Kier alpha value is -0.240. The first kappa shape index (κ1) is 14.2. The summed E-state index contributed by atoms with van der Waals surface area (Å²) in [6.45, 7) is 6.54. The molecule has 2 unspecified atom stereocenters. The molecule has 0 heterocycles. The standard InChI is InChI=1S/C15H20Cl2O/c1-10-7-14(2,3)9-15(10,18)8-11-6-12(16)4-5-13(11)17/h4-6,10,18H,7-9H2,1-3H3. The van der Waals surface area contributed by atoms with Crippen LogP contribution in [0.4, 0.5) is 0 Å². The van der Waals surface area contributed by atoms with Crippen LogP contribution in [0.25, 0.3) is 0 Å². The first-order valence-corrected chi connectivity index (χ1v) is 7.14. The van der Waals surface area contributed by atoms with Gasteiger partial charge in [-0.3, -0.25) is 0 Å². The lowest BCUT2D eigenvalue weighted by Crippen LogP contribution is -2.34. The molecule has 0 spiro atoms. The minimum Gasteiger partial charge on any atom is -0.389 e. The van der Waals surface area contributed by atoms with E-state index in [0.29, 0.717) is 16.5 Å². The molecule has 1 aliphatic carbocycles. The summed E-state index contributed by atoms with van der Waals surface area (Å²) in [6.07, 6.45) is 2.43. The molecule has 1 aromatic rings. The van der Waals surface area contributed by atoms with Gasteiger partial charge in [-0.2, -0.15) is 0 Å². The minimum atomic E-state index is -0.669. The number of aliphatic hydroxyl groups is 1. The molecule has 1 fully saturated rings. The number of halogens is 2. The summed E-state index contributed by atoms with van der Waals surface area (Å²) in [5.41, 5.74) is 0.466. The second-order valence-corrected chi connectivity index (χ2v) is 7.31. The predicted octanol–water partition coefficient (Wildman–Crippen LogP) is 4.72. The zero-order valence-corrected chi connectivity index (χ0v) is 12.6. The van der Waals surface area contributed by atoms with Crippen molar-refractivity contribution in [1.82, 2.24) is 0 Å². The lowest BCUT2D eigenvalue weighted by molar-refractivity contribution is 0.00447. The van der Waals surface area contributed by atoms with Crippen LogP contribution in [0.3, 0.4) is 0 Å². The van der Waals surface area contributed by atoms with Crippen LogP contribution in [0.2, 0.25) is 10.0 Å². The van der Waals surface area contributed by atoms with Gasteiger partial charge >= 0.3 is 0 Å². The smallest absolute Gasteiger partial charge is 0.0719 e. The van der Waals surface area contributed by atoms with Gasteiger partial charge in [-0.25, -0.2) is 0 Å². The molecule has 3 heteroatoms. The quantitative estimate of drug-likeness (QED) is 0.834. The van der Waals surface area contributed by atoms with E-state index in [2.05, 4.69) is 20.8 Å². The summed E-state index contributed by atoms with van der Waals surface area (Å²) in [4.78, 5) is 0. The van der Waals surface area contributed by atoms with Crippen molar-refractivity contribution in [3.05, 3.63) is 33.8 Å². The number of hydrogen-bond donors (Lipinski definition) is 1. The second kappa shape index (κ2) is 4.70. The fourth-order valence-electron chi connectivity index (χ4n) is 3.34. The van der Waals surface area contributed by atoms with E-state index >= 15 is 0 Å². The molecule has 0 bridgehead atoms. The van der Waals surface area contributed by atoms with Crippen LogP contribution >= 0.6 is 23.2 Å². The highest BCUT2D eigenvalue weighted by atomic mass is 35.5. The van der Waals surface area contributed by atoms with E-state index in [1.165, 1.54) is 0 Å². The highest BCUT2D eigenvalue weighted by molar-refractivity contribution is 6.33. The van der Waals surface area contributed by atoms with Crippen molar-refractivity contribution in [3.63, 3.8) is 0 Å². The molecular weight excluding hydrogens is 267 g/mol. The van der Waals surface area contributed by atoms with Crippen LogP contribution in [-0.4, -0.2) is 10.7 Å². The molecule has 2 atom stereocenters. The average Bonchev–Trinajstić information content (AvgIpc) is 2.41. The Morgan fingerprint density at radius 3 is 2.56 bits per heavy atom. The van der Waals surface area contributed by atoms with Gasteiger partial charge in [-0.1, -0.05) is 44.0 Å². The van der Waals surface area contributed by atoms with Crippen molar-refractivity contribution in [2.75, 3.05) is 0 Å². The molecule has 2 rings (SSSR count). The monoisotopic (exact) mass is 286 g/mol. The van der Waals surface area contributed by atoms with E-state index in [9.17, 15) is 5.11 Å². The molecule has 1 saturated carbocycles. The van der Waals surface area contributed by atoms with E-state index < -0.39 is 5.60 Å². The third-order valence-electron chi connectivity index (χ3n) is 4.07. The highest BCUT2D eigenvalue weighted by Gasteiger charge is 2.47. The zero-order valence-electron chi connectivity index (χ0n) is 11.1. The number of rotatable bonds is 2. The molecule has 1 aliphatic rings. The van der Waals surface area contributed by atoms with Gasteiger partial charge in [0.1, 0.15) is 0 Å². The molecular formula is C15H20Cl2O. The third kappa shape index (κ3) is 2.84. The van der Waals surface area contributed by atoms with Crippen molar-refractivity contribution in [1.29, 1.82) is 0 Å². The van der Waals surface area contributed by atoms with E-state index in [0.717, 1.165) is 18.4 Å². The van der Waals surface area contributed by atoms with Crippen molar-refractivity contribution >= 4 is 23.2 Å². The minimum absolute atomic E-state index is 0.194. The second-order valence-electron chi connectivity index (χ2n) is 6.46. The largest absolute Gasteiger partial charge is 0.389 e. The topological polar surface area (TPSA) is 20.2 Å². The predicted molar refractivity (Wildman–Crippen MR) is 77.3 cm³/mol. The summed E-state index contributed by atoms with van der Waals surface area (Å²) in [5.74, 6) is 0.280. The van der Waals surface area contributed by atoms with E-state index in [-0.39, 0.29) is 11.3 Å². The van der Waals surface area contributed by atoms with E-state index in [1.54, 1.807) is 12.1 Å². The van der Waals surface area contributed by atoms with Crippen LogP contribution in [0.5, 0.6) is 0 Å². The Morgan fingerprint density at radius 2 is 2.00 bits per heavy atom. The zero-order chi connectivity index (χ0) is 13.6. The normalized spacial score (nSPS) is 30.7. The number of hydrogen-bond acceptors (Lipinski definition) is 1. The first-order valence-electron chi connectivity index (χ1n) is 6.38. The van der Waals surface area contributed by atoms with Crippen LogP contribution in [0, 0.1) is 11.3 Å². The Kier molecular flexibility index (Phi) is 3.70. The fourth-order valence-corrected chi connectivity index (χ4v) is 3.72. The first-order chi connectivity index (χ1) is 8.22. The Morgan fingerprint density at radius 1 is 1.33 bits per heavy atom. The summed E-state index contributed by atoms with van der Waals surface area (Å²) < 4.78 is 0. The van der Waals surface area contributed by atoms with Crippen molar-refractivity contribution in [2.45, 2.75) is 45.6 Å². The molecule has 100 valence electrons. The van der Waals surface area contributed by atoms with Gasteiger partial charge in [-0.05, 0) is 47.9 Å². The Labute approximate surface area is 119 Å². The van der Waals surface area contributed by atoms with E-state index in [1.807, 2.05) is 6.07 Å². The molecule has 1 nitrogen and oxygen atoms in total. The van der Waals surface area contributed by atoms with Gasteiger partial charge in [0.15, 0.2) is 0 Å². The lowest BCUT2D eigenvalue weighted by Gasteiger charge is -2.29. The van der Waals surface area contributed by atoms with Crippen LogP contribution in [0.15, 0.2) is 18.2 Å². The fraction of sp³-hybridized carbons (Fsp3) is 0.600. The van der Waals surface area contributed by atoms with Gasteiger partial charge in [0.25, 0.3) is 0 Å². The summed E-state index contributed by atoms with van der Waals surface area (Å²) in [6, 6.07) is 5.44. The van der Waals surface area contributed by atoms with Crippen molar-refractivity contribution < 1.29 is 5.11 Å². The third-order valence-corrected chi connectivity index (χ3v) is 4.67. The van der Waals surface area contributed by atoms with Crippen LogP contribution in [-0.2, 0) is 6.42 Å². The number of benzene rings is 1.